The lowest BCUT2D eigenvalue weighted by molar-refractivity contribution is -0.133. The quantitative estimate of drug-likeness (QED) is 0.755. The zero-order valence-electron chi connectivity index (χ0n) is 9.71. The molecule has 0 unspecified atom stereocenters. The molecule has 1 amide bonds. The third-order valence-electron chi connectivity index (χ3n) is 3.72. The van der Waals surface area contributed by atoms with Gasteiger partial charge in [0, 0.05) is 6.61 Å². The Balaban J connectivity index is 1.91. The fraction of sp³-hybridized carbons (Fsp3) is 0.917. The number of carbonyl (C=O) groups excluding carboxylic acids is 1. The first kappa shape index (κ1) is 11.9. The molecule has 1 heterocycles. The number of carbonyl (C=O) groups is 1. The number of amides is 1. The van der Waals surface area contributed by atoms with Crippen molar-refractivity contribution < 1.29 is 14.6 Å². The normalized spacial score (nSPS) is 28.9. The van der Waals surface area contributed by atoms with Gasteiger partial charge in [0.05, 0.1) is 12.1 Å². The Hall–Kier alpha value is -0.610. The predicted octanol–water partition coefficient (Wildman–Crippen LogP) is 0.977. The molecule has 2 N–H and O–H groups in total. The van der Waals surface area contributed by atoms with Gasteiger partial charge in [0.2, 0.25) is 5.91 Å². The van der Waals surface area contributed by atoms with Crippen LogP contribution in [-0.2, 0) is 9.53 Å². The molecule has 2 fully saturated rings. The number of ether oxygens (including phenoxy) is 1. The minimum atomic E-state index is -0.374. The maximum absolute atomic E-state index is 11.9. The fourth-order valence-electron chi connectivity index (χ4n) is 2.68. The molecule has 1 aliphatic carbocycles. The number of rotatable bonds is 3. The topological polar surface area (TPSA) is 58.6 Å². The standard InChI is InChI=1S/C12H21NO3/c14-9-12(6-2-1-3-7-12)13-11(15)10-5-4-8-16-10/h10,14H,1-9H2,(H,13,15)/t10-/m1/s1. The van der Waals surface area contributed by atoms with Crippen molar-refractivity contribution in [2.24, 2.45) is 0 Å². The molecular weight excluding hydrogens is 206 g/mol. The second kappa shape index (κ2) is 5.15. The van der Waals surface area contributed by atoms with E-state index in [1.165, 1.54) is 6.42 Å². The van der Waals surface area contributed by atoms with Crippen LogP contribution in [0.3, 0.4) is 0 Å². The summed E-state index contributed by atoms with van der Waals surface area (Å²) in [7, 11) is 0. The van der Waals surface area contributed by atoms with Crippen LogP contribution in [0.4, 0.5) is 0 Å². The van der Waals surface area contributed by atoms with Gasteiger partial charge in [0.1, 0.15) is 6.10 Å². The van der Waals surface area contributed by atoms with Crippen molar-refractivity contribution >= 4 is 5.91 Å². The largest absolute Gasteiger partial charge is 0.394 e. The molecule has 0 bridgehead atoms. The van der Waals surface area contributed by atoms with E-state index in [2.05, 4.69) is 5.32 Å². The average Bonchev–Trinajstić information content (AvgIpc) is 2.84. The zero-order valence-corrected chi connectivity index (χ0v) is 9.71. The molecule has 1 atom stereocenters. The molecule has 1 saturated heterocycles. The molecule has 2 aliphatic rings. The molecule has 0 aromatic carbocycles. The SMILES string of the molecule is O=C(NC1(CO)CCCCC1)[C@H]1CCCO1. The Labute approximate surface area is 96.4 Å². The van der Waals surface area contributed by atoms with Crippen LogP contribution in [0.2, 0.25) is 0 Å². The van der Waals surface area contributed by atoms with Gasteiger partial charge >= 0.3 is 0 Å². The summed E-state index contributed by atoms with van der Waals surface area (Å²) in [6.07, 6.45) is 6.66. The lowest BCUT2D eigenvalue weighted by Crippen LogP contribution is -2.55. The zero-order chi connectivity index (χ0) is 11.4. The van der Waals surface area contributed by atoms with Crippen molar-refractivity contribution in [3.05, 3.63) is 0 Å². The van der Waals surface area contributed by atoms with E-state index >= 15 is 0 Å². The number of aliphatic hydroxyl groups excluding tert-OH is 1. The van der Waals surface area contributed by atoms with Gasteiger partial charge in [-0.05, 0) is 25.7 Å². The fourth-order valence-corrected chi connectivity index (χ4v) is 2.68. The van der Waals surface area contributed by atoms with Crippen LogP contribution in [0, 0.1) is 0 Å². The van der Waals surface area contributed by atoms with Gasteiger partial charge in [-0.3, -0.25) is 4.79 Å². The van der Waals surface area contributed by atoms with Crippen LogP contribution in [0.15, 0.2) is 0 Å². The molecule has 16 heavy (non-hydrogen) atoms. The summed E-state index contributed by atoms with van der Waals surface area (Å²) in [6.45, 7) is 0.732. The maximum atomic E-state index is 11.9. The first-order valence-electron chi connectivity index (χ1n) is 6.30. The molecule has 4 heteroatoms. The minimum absolute atomic E-state index is 0.0338. The van der Waals surface area contributed by atoms with E-state index in [0.29, 0.717) is 6.61 Å². The first-order valence-corrected chi connectivity index (χ1v) is 6.30. The molecule has 0 radical (unpaired) electrons. The molecule has 1 saturated carbocycles. The van der Waals surface area contributed by atoms with Crippen LogP contribution >= 0.6 is 0 Å². The van der Waals surface area contributed by atoms with Gasteiger partial charge < -0.3 is 15.2 Å². The summed E-state index contributed by atoms with van der Waals surface area (Å²) in [4.78, 5) is 11.9. The molecule has 0 aromatic heterocycles. The number of aliphatic hydroxyl groups is 1. The lowest BCUT2D eigenvalue weighted by atomic mass is 9.82. The van der Waals surface area contributed by atoms with E-state index in [9.17, 15) is 9.90 Å². The Morgan fingerprint density at radius 1 is 1.31 bits per heavy atom. The highest BCUT2D eigenvalue weighted by molar-refractivity contribution is 5.81. The van der Waals surface area contributed by atoms with E-state index in [4.69, 9.17) is 4.74 Å². The van der Waals surface area contributed by atoms with Gasteiger partial charge in [-0.25, -0.2) is 0 Å². The number of hydrogen-bond acceptors (Lipinski definition) is 3. The smallest absolute Gasteiger partial charge is 0.249 e. The van der Waals surface area contributed by atoms with E-state index in [1.807, 2.05) is 0 Å². The van der Waals surface area contributed by atoms with Crippen LogP contribution < -0.4 is 5.32 Å². The molecular formula is C12H21NO3. The molecule has 0 spiro atoms. The summed E-state index contributed by atoms with van der Waals surface area (Å²) in [5.74, 6) is -0.0338. The monoisotopic (exact) mass is 227 g/mol. The summed E-state index contributed by atoms with van der Waals surface area (Å²) in [5.41, 5.74) is -0.374. The third kappa shape index (κ3) is 2.55. The van der Waals surface area contributed by atoms with Crippen LogP contribution in [-0.4, -0.2) is 35.9 Å². The molecule has 4 nitrogen and oxygen atoms in total. The highest BCUT2D eigenvalue weighted by atomic mass is 16.5. The lowest BCUT2D eigenvalue weighted by Gasteiger charge is -2.37. The second-order valence-corrected chi connectivity index (χ2v) is 4.99. The first-order chi connectivity index (χ1) is 7.76. The van der Waals surface area contributed by atoms with Gasteiger partial charge in [-0.1, -0.05) is 19.3 Å². The van der Waals surface area contributed by atoms with Crippen molar-refractivity contribution in [3.63, 3.8) is 0 Å². The summed E-state index contributed by atoms with van der Waals surface area (Å²) in [6, 6.07) is 0. The van der Waals surface area contributed by atoms with Crippen molar-refractivity contribution in [2.75, 3.05) is 13.2 Å². The Kier molecular flexibility index (Phi) is 3.82. The van der Waals surface area contributed by atoms with Crippen molar-refractivity contribution in [1.29, 1.82) is 0 Å². The van der Waals surface area contributed by atoms with Crippen molar-refractivity contribution in [2.45, 2.75) is 56.6 Å². The Bertz CT molecular complexity index is 243. The summed E-state index contributed by atoms with van der Waals surface area (Å²) >= 11 is 0. The van der Waals surface area contributed by atoms with E-state index in [-0.39, 0.29) is 24.2 Å². The van der Waals surface area contributed by atoms with E-state index in [1.54, 1.807) is 0 Å². The highest BCUT2D eigenvalue weighted by Crippen LogP contribution is 2.28. The number of nitrogens with one attached hydrogen (secondary N) is 1. The van der Waals surface area contributed by atoms with E-state index < -0.39 is 0 Å². The predicted molar refractivity (Wildman–Crippen MR) is 60.0 cm³/mol. The second-order valence-electron chi connectivity index (χ2n) is 4.99. The highest BCUT2D eigenvalue weighted by Gasteiger charge is 2.35. The average molecular weight is 227 g/mol. The molecule has 92 valence electrons. The van der Waals surface area contributed by atoms with Gasteiger partial charge in [-0.2, -0.15) is 0 Å². The molecule has 1 aliphatic heterocycles. The van der Waals surface area contributed by atoms with Gasteiger partial charge in [0.25, 0.3) is 0 Å². The van der Waals surface area contributed by atoms with Gasteiger partial charge in [-0.15, -0.1) is 0 Å². The third-order valence-corrected chi connectivity index (χ3v) is 3.72. The maximum Gasteiger partial charge on any atom is 0.249 e. The Morgan fingerprint density at radius 3 is 2.62 bits per heavy atom. The van der Waals surface area contributed by atoms with E-state index in [0.717, 1.165) is 38.5 Å². The minimum Gasteiger partial charge on any atom is -0.394 e. The molecule has 2 rings (SSSR count). The summed E-state index contributed by atoms with van der Waals surface area (Å²) in [5, 5.41) is 12.5. The van der Waals surface area contributed by atoms with Crippen LogP contribution in [0.5, 0.6) is 0 Å². The van der Waals surface area contributed by atoms with Gasteiger partial charge in [0.15, 0.2) is 0 Å². The Morgan fingerprint density at radius 2 is 2.06 bits per heavy atom. The van der Waals surface area contributed by atoms with Crippen molar-refractivity contribution in [3.8, 4) is 0 Å². The molecule has 0 aromatic rings. The number of hydrogen-bond donors (Lipinski definition) is 2. The summed E-state index contributed by atoms with van der Waals surface area (Å²) < 4.78 is 5.35. The van der Waals surface area contributed by atoms with Crippen LogP contribution in [0.25, 0.3) is 0 Å². The van der Waals surface area contributed by atoms with Crippen LogP contribution in [0.1, 0.15) is 44.9 Å². The van der Waals surface area contributed by atoms with Crippen molar-refractivity contribution in [1.82, 2.24) is 5.32 Å².